The fraction of sp³-hybridized carbons (Fsp3) is 0.364. The molecule has 0 fully saturated rings. The summed E-state index contributed by atoms with van der Waals surface area (Å²) in [5.41, 5.74) is 1.70. The highest BCUT2D eigenvalue weighted by Crippen LogP contribution is 2.28. The third kappa shape index (κ3) is 5.91. The van der Waals surface area contributed by atoms with E-state index in [-0.39, 0.29) is 28.5 Å². The van der Waals surface area contributed by atoms with E-state index in [4.69, 9.17) is 9.47 Å². The second-order valence-corrected chi connectivity index (χ2v) is 9.67. The van der Waals surface area contributed by atoms with E-state index in [1.807, 2.05) is 31.6 Å². The van der Waals surface area contributed by atoms with Gasteiger partial charge < -0.3 is 20.1 Å². The van der Waals surface area contributed by atoms with Crippen molar-refractivity contribution in [3.8, 4) is 11.5 Å². The molecule has 0 aromatic heterocycles. The Bertz CT molecular complexity index is 1110. The van der Waals surface area contributed by atoms with Crippen LogP contribution in [0.25, 0.3) is 0 Å². The average Bonchev–Trinajstić information content (AvgIpc) is 2.75. The Morgan fingerprint density at radius 3 is 2.16 bits per heavy atom. The molecule has 0 spiro atoms. The van der Waals surface area contributed by atoms with Crippen LogP contribution in [0.5, 0.6) is 11.5 Å². The molecule has 0 aliphatic rings. The van der Waals surface area contributed by atoms with Gasteiger partial charge in [0.1, 0.15) is 16.4 Å². The van der Waals surface area contributed by atoms with Crippen molar-refractivity contribution in [3.05, 3.63) is 53.1 Å². The summed E-state index contributed by atoms with van der Waals surface area (Å²) in [6.07, 6.45) is 0. The van der Waals surface area contributed by atoms with Crippen LogP contribution in [0.4, 0.5) is 4.79 Å². The van der Waals surface area contributed by atoms with Gasteiger partial charge in [0.15, 0.2) is 0 Å². The molecule has 2 rings (SSSR count). The summed E-state index contributed by atoms with van der Waals surface area (Å²) in [7, 11) is -0.0648. The first-order valence-corrected chi connectivity index (χ1v) is 11.3. The van der Waals surface area contributed by atoms with Crippen molar-refractivity contribution in [1.29, 1.82) is 0 Å². The number of carbonyl (C=O) groups excluding carboxylic acids is 2. The molecule has 0 radical (unpaired) electrons. The van der Waals surface area contributed by atoms with E-state index in [0.717, 1.165) is 5.56 Å². The normalized spacial score (nSPS) is 11.4. The van der Waals surface area contributed by atoms with Gasteiger partial charge in [-0.2, -0.15) is 0 Å². The van der Waals surface area contributed by atoms with Crippen LogP contribution < -0.4 is 24.8 Å². The molecule has 0 atom stereocenters. The van der Waals surface area contributed by atoms with E-state index in [9.17, 15) is 18.0 Å². The molecule has 9 nitrogen and oxygen atoms in total. The predicted octanol–water partition coefficient (Wildman–Crippen LogP) is 2.55. The lowest BCUT2D eigenvalue weighted by atomic mass is 9.86. The van der Waals surface area contributed by atoms with Crippen molar-refractivity contribution in [2.45, 2.75) is 37.6 Å². The van der Waals surface area contributed by atoms with E-state index in [0.29, 0.717) is 16.9 Å². The lowest BCUT2D eigenvalue weighted by Crippen LogP contribution is -2.37. The first kappa shape index (κ1) is 25.0. The Morgan fingerprint density at radius 2 is 1.59 bits per heavy atom. The monoisotopic (exact) mass is 463 g/mol. The van der Waals surface area contributed by atoms with Crippen LogP contribution >= 0.6 is 0 Å². The number of rotatable bonds is 7. The molecule has 3 amide bonds. The smallest absolute Gasteiger partial charge is 0.328 e. The quantitative estimate of drug-likeness (QED) is 0.580. The highest BCUT2D eigenvalue weighted by molar-refractivity contribution is 7.90. The lowest BCUT2D eigenvalue weighted by Gasteiger charge is -2.21. The molecule has 0 bridgehead atoms. The SMILES string of the molecule is CNC(=O)NS(=O)(=O)c1cc(CNC(=O)c2cc(C(C)(C)C)ccc2OC)ccc1OC. The Labute approximate surface area is 188 Å². The highest BCUT2D eigenvalue weighted by Gasteiger charge is 2.23. The van der Waals surface area contributed by atoms with Crippen LogP contribution in [0.3, 0.4) is 0 Å². The van der Waals surface area contributed by atoms with Crippen molar-refractivity contribution in [1.82, 2.24) is 15.4 Å². The highest BCUT2D eigenvalue weighted by atomic mass is 32.2. The fourth-order valence-corrected chi connectivity index (χ4v) is 4.08. The van der Waals surface area contributed by atoms with E-state index in [2.05, 4.69) is 10.6 Å². The van der Waals surface area contributed by atoms with Crippen LogP contribution in [0.1, 0.15) is 42.3 Å². The molecule has 0 aliphatic heterocycles. The van der Waals surface area contributed by atoms with Gasteiger partial charge in [0.05, 0.1) is 19.8 Å². The summed E-state index contributed by atoms with van der Waals surface area (Å²) in [6, 6.07) is 8.99. The minimum Gasteiger partial charge on any atom is -0.496 e. The number of urea groups is 1. The van der Waals surface area contributed by atoms with Crippen molar-refractivity contribution in [2.75, 3.05) is 21.3 Å². The number of methoxy groups -OCH3 is 2. The van der Waals surface area contributed by atoms with Gasteiger partial charge in [-0.3, -0.25) is 4.79 Å². The van der Waals surface area contributed by atoms with Crippen LogP contribution in [-0.4, -0.2) is 41.6 Å². The number of carbonyl (C=O) groups is 2. The van der Waals surface area contributed by atoms with Gasteiger partial charge in [-0.25, -0.2) is 17.9 Å². The molecule has 174 valence electrons. The van der Waals surface area contributed by atoms with Gasteiger partial charge in [0.25, 0.3) is 15.9 Å². The van der Waals surface area contributed by atoms with E-state index in [1.54, 1.807) is 18.2 Å². The van der Waals surface area contributed by atoms with Gasteiger partial charge in [-0.05, 0) is 40.8 Å². The van der Waals surface area contributed by atoms with Gasteiger partial charge >= 0.3 is 6.03 Å². The summed E-state index contributed by atoms with van der Waals surface area (Å²) in [5.74, 6) is 0.135. The number of benzene rings is 2. The molecule has 0 saturated heterocycles. The molecule has 2 aromatic carbocycles. The molecule has 0 saturated carbocycles. The number of ether oxygens (including phenoxy) is 2. The third-order valence-corrected chi connectivity index (χ3v) is 6.09. The van der Waals surface area contributed by atoms with Crippen LogP contribution in [0.2, 0.25) is 0 Å². The topological polar surface area (TPSA) is 123 Å². The zero-order valence-electron chi connectivity index (χ0n) is 19.0. The minimum atomic E-state index is -4.18. The first-order valence-electron chi connectivity index (χ1n) is 9.81. The summed E-state index contributed by atoms with van der Waals surface area (Å²) in [6.45, 7) is 6.18. The Balaban J connectivity index is 2.30. The Hall–Kier alpha value is -3.27. The van der Waals surface area contributed by atoms with Crippen LogP contribution in [0, 0.1) is 0 Å². The maximum absolute atomic E-state index is 12.9. The van der Waals surface area contributed by atoms with Crippen molar-refractivity contribution in [3.63, 3.8) is 0 Å². The molecule has 0 unspecified atom stereocenters. The van der Waals surface area contributed by atoms with Gasteiger partial charge in [-0.1, -0.05) is 32.9 Å². The van der Waals surface area contributed by atoms with Crippen molar-refractivity contribution in [2.24, 2.45) is 0 Å². The molecular weight excluding hydrogens is 434 g/mol. The molecule has 3 N–H and O–H groups in total. The van der Waals surface area contributed by atoms with Crippen LogP contribution in [0.15, 0.2) is 41.3 Å². The number of amides is 3. The average molecular weight is 464 g/mol. The molecule has 0 aliphatic carbocycles. The molecule has 0 heterocycles. The molecule has 32 heavy (non-hydrogen) atoms. The Morgan fingerprint density at radius 1 is 0.969 bits per heavy atom. The second kappa shape index (κ2) is 9.90. The lowest BCUT2D eigenvalue weighted by molar-refractivity contribution is 0.0947. The zero-order chi connectivity index (χ0) is 24.1. The number of sulfonamides is 1. The largest absolute Gasteiger partial charge is 0.496 e. The molecule has 2 aromatic rings. The summed E-state index contributed by atoms with van der Waals surface area (Å²) >= 11 is 0. The first-order chi connectivity index (χ1) is 14.9. The van der Waals surface area contributed by atoms with E-state index in [1.165, 1.54) is 33.4 Å². The maximum Gasteiger partial charge on any atom is 0.328 e. The summed E-state index contributed by atoms with van der Waals surface area (Å²) in [5, 5.41) is 4.97. The maximum atomic E-state index is 12.9. The number of nitrogens with one attached hydrogen (secondary N) is 3. The standard InChI is InChI=1S/C22H29N3O6S/c1-22(2,3)15-8-10-17(30-5)16(12-15)20(26)24-13-14-7-9-18(31-6)19(11-14)32(28,29)25-21(27)23-4/h7-12H,13H2,1-6H3,(H,24,26)(H2,23,25,27). The molecule has 10 heteroatoms. The van der Waals surface area contributed by atoms with E-state index < -0.39 is 16.1 Å². The zero-order valence-corrected chi connectivity index (χ0v) is 19.8. The Kier molecular flexibility index (Phi) is 7.73. The fourth-order valence-electron chi connectivity index (χ4n) is 2.90. The van der Waals surface area contributed by atoms with E-state index >= 15 is 0 Å². The minimum absolute atomic E-state index is 0.0498. The van der Waals surface area contributed by atoms with Gasteiger partial charge in [-0.15, -0.1) is 0 Å². The van der Waals surface area contributed by atoms with Crippen LogP contribution in [-0.2, 0) is 22.0 Å². The second-order valence-electron chi connectivity index (χ2n) is 8.02. The van der Waals surface area contributed by atoms with Gasteiger partial charge in [0, 0.05) is 13.6 Å². The predicted molar refractivity (Wildman–Crippen MR) is 121 cm³/mol. The summed E-state index contributed by atoms with van der Waals surface area (Å²) in [4.78, 5) is 24.2. The third-order valence-electron chi connectivity index (χ3n) is 4.73. The summed E-state index contributed by atoms with van der Waals surface area (Å²) < 4.78 is 37.4. The molecular formula is C22H29N3O6S. The van der Waals surface area contributed by atoms with Crippen molar-refractivity contribution < 1.29 is 27.5 Å². The van der Waals surface area contributed by atoms with Gasteiger partial charge in [0.2, 0.25) is 0 Å². The number of hydrogen-bond acceptors (Lipinski definition) is 6. The number of hydrogen-bond donors (Lipinski definition) is 3. The van der Waals surface area contributed by atoms with Crippen molar-refractivity contribution >= 4 is 22.0 Å².